The standard InChI is InChI=1S/C16H15ClF3NO3/c1-11-4-5-13(17)14(7-11)24-9-15(22)21(10-16(18,19)20)8-12-3-2-6-23-12/h2-7H,8-10H2,1H3. The quantitative estimate of drug-likeness (QED) is 0.774. The molecule has 4 nitrogen and oxygen atoms in total. The molecule has 2 aromatic rings. The third-order valence-electron chi connectivity index (χ3n) is 3.09. The monoisotopic (exact) mass is 361 g/mol. The minimum absolute atomic E-state index is 0.245. The van der Waals surface area contributed by atoms with E-state index in [1.807, 2.05) is 0 Å². The lowest BCUT2D eigenvalue weighted by Crippen LogP contribution is -2.40. The van der Waals surface area contributed by atoms with Crippen LogP contribution in [0.2, 0.25) is 5.02 Å². The highest BCUT2D eigenvalue weighted by Gasteiger charge is 2.33. The summed E-state index contributed by atoms with van der Waals surface area (Å²) in [7, 11) is 0. The summed E-state index contributed by atoms with van der Waals surface area (Å²) in [5.74, 6) is -0.322. The maximum Gasteiger partial charge on any atom is 0.406 e. The highest BCUT2D eigenvalue weighted by Crippen LogP contribution is 2.25. The topological polar surface area (TPSA) is 42.7 Å². The molecule has 0 unspecified atom stereocenters. The number of hydrogen-bond donors (Lipinski definition) is 0. The first-order valence-corrected chi connectivity index (χ1v) is 7.38. The summed E-state index contributed by atoms with van der Waals surface area (Å²) in [6, 6.07) is 7.98. The van der Waals surface area contributed by atoms with Gasteiger partial charge in [0, 0.05) is 0 Å². The zero-order valence-corrected chi connectivity index (χ0v) is 13.5. The lowest BCUT2D eigenvalue weighted by Gasteiger charge is -2.23. The van der Waals surface area contributed by atoms with Crippen molar-refractivity contribution >= 4 is 17.5 Å². The Bertz CT molecular complexity index is 686. The Kier molecular flexibility index (Phi) is 5.77. The van der Waals surface area contributed by atoms with Gasteiger partial charge in [-0.05, 0) is 36.8 Å². The molecule has 1 aromatic carbocycles. The van der Waals surface area contributed by atoms with Gasteiger partial charge in [0.15, 0.2) is 6.61 Å². The lowest BCUT2D eigenvalue weighted by molar-refractivity contribution is -0.164. The van der Waals surface area contributed by atoms with Crippen molar-refractivity contribution in [3.05, 3.63) is 52.9 Å². The van der Waals surface area contributed by atoms with Crippen LogP contribution in [0.4, 0.5) is 13.2 Å². The van der Waals surface area contributed by atoms with Crippen molar-refractivity contribution in [1.82, 2.24) is 4.90 Å². The second-order valence-electron chi connectivity index (χ2n) is 5.17. The molecule has 8 heteroatoms. The maximum atomic E-state index is 12.7. The van der Waals surface area contributed by atoms with Gasteiger partial charge in [0.25, 0.3) is 5.91 Å². The van der Waals surface area contributed by atoms with Crippen LogP contribution in [0, 0.1) is 6.92 Å². The van der Waals surface area contributed by atoms with Crippen LogP contribution in [0.5, 0.6) is 5.75 Å². The third-order valence-corrected chi connectivity index (χ3v) is 3.40. The highest BCUT2D eigenvalue weighted by atomic mass is 35.5. The van der Waals surface area contributed by atoms with Crippen molar-refractivity contribution < 1.29 is 27.1 Å². The molecule has 1 aromatic heterocycles. The van der Waals surface area contributed by atoms with Crippen molar-refractivity contribution in [3.63, 3.8) is 0 Å². The third kappa shape index (κ3) is 5.49. The van der Waals surface area contributed by atoms with Crippen LogP contribution in [-0.2, 0) is 11.3 Å². The maximum absolute atomic E-state index is 12.7. The van der Waals surface area contributed by atoms with Gasteiger partial charge >= 0.3 is 6.18 Å². The van der Waals surface area contributed by atoms with Crippen LogP contribution >= 0.6 is 11.6 Å². The average molecular weight is 362 g/mol. The van der Waals surface area contributed by atoms with Crippen LogP contribution in [0.1, 0.15) is 11.3 Å². The zero-order valence-electron chi connectivity index (χ0n) is 12.8. The van der Waals surface area contributed by atoms with Gasteiger partial charge < -0.3 is 14.1 Å². The molecular formula is C16H15ClF3NO3. The molecule has 0 saturated carbocycles. The number of furan rings is 1. The summed E-state index contributed by atoms with van der Waals surface area (Å²) in [6.45, 7) is -0.439. The van der Waals surface area contributed by atoms with Crippen LogP contribution in [-0.4, -0.2) is 30.1 Å². The van der Waals surface area contributed by atoms with Gasteiger partial charge in [-0.1, -0.05) is 17.7 Å². The first-order valence-electron chi connectivity index (χ1n) is 7.00. The summed E-state index contributed by atoms with van der Waals surface area (Å²) in [6.07, 6.45) is -3.20. The summed E-state index contributed by atoms with van der Waals surface area (Å²) >= 11 is 5.94. The number of rotatable bonds is 6. The number of benzene rings is 1. The minimum Gasteiger partial charge on any atom is -0.482 e. The second-order valence-corrected chi connectivity index (χ2v) is 5.57. The van der Waals surface area contributed by atoms with Gasteiger partial charge in [-0.2, -0.15) is 13.2 Å². The van der Waals surface area contributed by atoms with E-state index in [1.165, 1.54) is 18.4 Å². The Morgan fingerprint density at radius 3 is 2.71 bits per heavy atom. The summed E-state index contributed by atoms with van der Waals surface area (Å²) in [5, 5.41) is 0.279. The van der Waals surface area contributed by atoms with E-state index in [0.717, 1.165) is 5.56 Å². The van der Waals surface area contributed by atoms with E-state index in [9.17, 15) is 18.0 Å². The number of carbonyl (C=O) groups is 1. The second kappa shape index (κ2) is 7.61. The first kappa shape index (κ1) is 18.2. The molecule has 0 atom stereocenters. The van der Waals surface area contributed by atoms with E-state index < -0.39 is 25.2 Å². The molecule has 1 amide bonds. The van der Waals surface area contributed by atoms with Gasteiger partial charge in [0.05, 0.1) is 17.8 Å². The van der Waals surface area contributed by atoms with Crippen LogP contribution < -0.4 is 4.74 Å². The molecular weight excluding hydrogens is 347 g/mol. The first-order chi connectivity index (χ1) is 11.2. The molecule has 0 saturated heterocycles. The minimum atomic E-state index is -4.52. The Morgan fingerprint density at radius 1 is 1.33 bits per heavy atom. The van der Waals surface area contributed by atoms with E-state index >= 15 is 0 Å². The molecule has 0 fully saturated rings. The molecule has 130 valence electrons. The van der Waals surface area contributed by atoms with Crippen molar-refractivity contribution in [2.24, 2.45) is 0 Å². The molecule has 2 rings (SSSR count). The van der Waals surface area contributed by atoms with Crippen LogP contribution in [0.3, 0.4) is 0 Å². The Balaban J connectivity index is 2.05. The fourth-order valence-electron chi connectivity index (χ4n) is 1.99. The van der Waals surface area contributed by atoms with Crippen LogP contribution in [0.25, 0.3) is 0 Å². The molecule has 1 heterocycles. The normalized spacial score (nSPS) is 11.4. The van der Waals surface area contributed by atoms with E-state index in [4.69, 9.17) is 20.8 Å². The number of aryl methyl sites for hydroxylation is 1. The van der Waals surface area contributed by atoms with Crippen LogP contribution in [0.15, 0.2) is 41.0 Å². The summed E-state index contributed by atoms with van der Waals surface area (Å²) in [4.78, 5) is 12.8. The van der Waals surface area contributed by atoms with E-state index in [-0.39, 0.29) is 23.1 Å². The number of alkyl halides is 3. The summed E-state index contributed by atoms with van der Waals surface area (Å²) < 4.78 is 48.3. The van der Waals surface area contributed by atoms with Gasteiger partial charge in [-0.25, -0.2) is 0 Å². The average Bonchev–Trinajstić information content (AvgIpc) is 2.99. The fourth-order valence-corrected chi connectivity index (χ4v) is 2.16. The van der Waals surface area contributed by atoms with Gasteiger partial charge in [0.1, 0.15) is 18.1 Å². The predicted molar refractivity (Wildman–Crippen MR) is 81.9 cm³/mol. The molecule has 0 aliphatic rings. The van der Waals surface area contributed by atoms with Gasteiger partial charge in [-0.3, -0.25) is 4.79 Å². The lowest BCUT2D eigenvalue weighted by atomic mass is 10.2. The van der Waals surface area contributed by atoms with E-state index in [2.05, 4.69) is 0 Å². The van der Waals surface area contributed by atoms with E-state index in [1.54, 1.807) is 25.1 Å². The number of halogens is 4. The Labute approximate surface area is 141 Å². The predicted octanol–water partition coefficient (Wildman–Crippen LogP) is 4.21. The SMILES string of the molecule is Cc1ccc(Cl)c(OCC(=O)N(Cc2ccco2)CC(F)(F)F)c1. The highest BCUT2D eigenvalue weighted by molar-refractivity contribution is 6.32. The van der Waals surface area contributed by atoms with Crippen molar-refractivity contribution in [3.8, 4) is 5.75 Å². The molecule has 0 spiro atoms. The molecule has 0 bridgehead atoms. The fraction of sp³-hybridized carbons (Fsp3) is 0.312. The molecule has 0 radical (unpaired) electrons. The molecule has 0 aliphatic carbocycles. The molecule has 24 heavy (non-hydrogen) atoms. The Hall–Kier alpha value is -2.15. The largest absolute Gasteiger partial charge is 0.482 e. The number of carbonyl (C=O) groups excluding carboxylic acids is 1. The van der Waals surface area contributed by atoms with Crippen molar-refractivity contribution in [1.29, 1.82) is 0 Å². The smallest absolute Gasteiger partial charge is 0.406 e. The number of nitrogens with zero attached hydrogens (tertiary/aromatic N) is 1. The van der Waals surface area contributed by atoms with E-state index in [0.29, 0.717) is 4.90 Å². The van der Waals surface area contributed by atoms with Crippen molar-refractivity contribution in [2.75, 3.05) is 13.2 Å². The summed E-state index contributed by atoms with van der Waals surface area (Å²) in [5.41, 5.74) is 0.851. The van der Waals surface area contributed by atoms with Crippen molar-refractivity contribution in [2.45, 2.75) is 19.6 Å². The number of ether oxygens (including phenoxy) is 1. The Morgan fingerprint density at radius 2 is 2.08 bits per heavy atom. The molecule has 0 aliphatic heterocycles. The number of amides is 1. The van der Waals surface area contributed by atoms with Gasteiger partial charge in [0.2, 0.25) is 0 Å². The molecule has 0 N–H and O–H groups in total. The van der Waals surface area contributed by atoms with Gasteiger partial charge in [-0.15, -0.1) is 0 Å². The number of hydrogen-bond acceptors (Lipinski definition) is 3. The zero-order chi connectivity index (χ0) is 17.7.